The van der Waals surface area contributed by atoms with Crippen LogP contribution in [0.3, 0.4) is 0 Å². The fourth-order valence-electron chi connectivity index (χ4n) is 2.74. The summed E-state index contributed by atoms with van der Waals surface area (Å²) in [5.41, 5.74) is 1.49. The van der Waals surface area contributed by atoms with E-state index in [-0.39, 0.29) is 11.9 Å². The van der Waals surface area contributed by atoms with Crippen molar-refractivity contribution in [2.24, 2.45) is 0 Å². The lowest BCUT2D eigenvalue weighted by Gasteiger charge is -2.28. The number of amides is 1. The Morgan fingerprint density at radius 3 is 2.80 bits per heavy atom. The average Bonchev–Trinajstić information content (AvgIpc) is 2.65. The molecule has 25 heavy (non-hydrogen) atoms. The van der Waals surface area contributed by atoms with Gasteiger partial charge in [0.2, 0.25) is 5.75 Å². The minimum absolute atomic E-state index is 0.0342. The summed E-state index contributed by atoms with van der Waals surface area (Å²) >= 11 is 0. The highest BCUT2D eigenvalue weighted by atomic mass is 16.6. The second-order valence-electron chi connectivity index (χ2n) is 6.09. The van der Waals surface area contributed by atoms with Gasteiger partial charge in [-0.2, -0.15) is 0 Å². The third-order valence-corrected chi connectivity index (χ3v) is 4.03. The Labute approximate surface area is 147 Å². The number of carbonyl (C=O) groups excluding carboxylic acids is 1. The fourth-order valence-corrected chi connectivity index (χ4v) is 2.74. The Kier molecular flexibility index (Phi) is 5.07. The maximum absolute atomic E-state index is 13.1. The van der Waals surface area contributed by atoms with Crippen molar-refractivity contribution in [3.63, 3.8) is 0 Å². The first-order valence-corrected chi connectivity index (χ1v) is 8.27. The number of ether oxygens (including phenoxy) is 3. The van der Waals surface area contributed by atoms with Crippen LogP contribution in [0.25, 0.3) is 0 Å². The highest BCUT2D eigenvalue weighted by Gasteiger charge is 2.25. The molecule has 0 spiro atoms. The molecule has 1 aliphatic rings. The van der Waals surface area contributed by atoms with Gasteiger partial charge in [0.1, 0.15) is 13.2 Å². The van der Waals surface area contributed by atoms with Crippen LogP contribution >= 0.6 is 0 Å². The van der Waals surface area contributed by atoms with Crippen LogP contribution in [-0.4, -0.2) is 42.2 Å². The average molecular weight is 342 g/mol. The molecule has 0 N–H and O–H groups in total. The molecule has 1 amide bonds. The van der Waals surface area contributed by atoms with E-state index in [1.165, 1.54) is 0 Å². The van der Waals surface area contributed by atoms with Crippen LogP contribution in [0.4, 0.5) is 0 Å². The van der Waals surface area contributed by atoms with Gasteiger partial charge in [0, 0.05) is 30.5 Å². The predicted molar refractivity (Wildman–Crippen MR) is 93.2 cm³/mol. The lowest BCUT2D eigenvalue weighted by molar-refractivity contribution is 0.0688. The van der Waals surface area contributed by atoms with Crippen molar-refractivity contribution >= 4 is 5.91 Å². The highest BCUT2D eigenvalue weighted by molar-refractivity contribution is 5.95. The number of methoxy groups -OCH3 is 1. The lowest BCUT2D eigenvalue weighted by atomic mass is 10.1. The van der Waals surface area contributed by atoms with Gasteiger partial charge >= 0.3 is 0 Å². The lowest BCUT2D eigenvalue weighted by Crippen LogP contribution is -2.36. The molecular formula is C19H22N2O4. The number of benzene rings is 1. The summed E-state index contributed by atoms with van der Waals surface area (Å²) in [6, 6.07) is 7.28. The van der Waals surface area contributed by atoms with Crippen LogP contribution in [0.15, 0.2) is 36.7 Å². The van der Waals surface area contributed by atoms with E-state index in [1.54, 1.807) is 36.5 Å². The van der Waals surface area contributed by atoms with Crippen molar-refractivity contribution in [2.75, 3.05) is 20.3 Å². The van der Waals surface area contributed by atoms with Gasteiger partial charge in [-0.25, -0.2) is 0 Å². The summed E-state index contributed by atoms with van der Waals surface area (Å²) in [6.07, 6.45) is 3.49. The van der Waals surface area contributed by atoms with Crippen LogP contribution in [0.1, 0.15) is 29.8 Å². The first-order chi connectivity index (χ1) is 12.1. The van der Waals surface area contributed by atoms with Crippen molar-refractivity contribution in [3.8, 4) is 17.2 Å². The summed E-state index contributed by atoms with van der Waals surface area (Å²) in [4.78, 5) is 19.0. The number of fused-ring (bicyclic) bond motifs is 1. The van der Waals surface area contributed by atoms with Gasteiger partial charge in [-0.3, -0.25) is 9.78 Å². The molecule has 2 heterocycles. The number of carbonyl (C=O) groups is 1. The van der Waals surface area contributed by atoms with E-state index in [4.69, 9.17) is 14.2 Å². The molecule has 6 nitrogen and oxygen atoms in total. The van der Waals surface area contributed by atoms with Crippen molar-refractivity contribution < 1.29 is 19.0 Å². The molecular weight excluding hydrogens is 320 g/mol. The van der Waals surface area contributed by atoms with E-state index in [9.17, 15) is 4.79 Å². The van der Waals surface area contributed by atoms with Crippen LogP contribution < -0.4 is 14.2 Å². The Balaban J connectivity index is 1.92. The Bertz CT molecular complexity index is 729. The number of aromatic nitrogens is 1. The molecule has 1 aromatic heterocycles. The van der Waals surface area contributed by atoms with E-state index >= 15 is 0 Å². The van der Waals surface area contributed by atoms with E-state index < -0.39 is 0 Å². The molecule has 0 radical (unpaired) electrons. The smallest absolute Gasteiger partial charge is 0.254 e. The monoisotopic (exact) mass is 342 g/mol. The first-order valence-electron chi connectivity index (χ1n) is 8.27. The Morgan fingerprint density at radius 1 is 1.32 bits per heavy atom. The highest BCUT2D eigenvalue weighted by Crippen LogP contribution is 2.40. The summed E-state index contributed by atoms with van der Waals surface area (Å²) in [5, 5.41) is 0. The van der Waals surface area contributed by atoms with Crippen molar-refractivity contribution in [1.29, 1.82) is 0 Å². The summed E-state index contributed by atoms with van der Waals surface area (Å²) in [5.74, 6) is 1.51. The third kappa shape index (κ3) is 3.68. The molecule has 0 bridgehead atoms. The maximum atomic E-state index is 13.1. The molecule has 0 atom stereocenters. The van der Waals surface area contributed by atoms with E-state index in [0.717, 1.165) is 5.56 Å². The molecule has 0 unspecified atom stereocenters. The van der Waals surface area contributed by atoms with E-state index in [2.05, 4.69) is 4.98 Å². The van der Waals surface area contributed by atoms with Crippen LogP contribution in [0, 0.1) is 0 Å². The molecule has 1 aliphatic heterocycles. The third-order valence-electron chi connectivity index (χ3n) is 4.03. The van der Waals surface area contributed by atoms with Crippen LogP contribution in [0.5, 0.6) is 17.2 Å². The normalized spacial score (nSPS) is 12.8. The molecule has 132 valence electrons. The first kappa shape index (κ1) is 17.1. The zero-order valence-corrected chi connectivity index (χ0v) is 14.7. The largest absolute Gasteiger partial charge is 0.493 e. The van der Waals surface area contributed by atoms with Gasteiger partial charge in [-0.1, -0.05) is 6.07 Å². The minimum atomic E-state index is -0.0888. The van der Waals surface area contributed by atoms with Gasteiger partial charge in [-0.15, -0.1) is 0 Å². The number of nitrogens with zero attached hydrogens (tertiary/aromatic N) is 2. The van der Waals surface area contributed by atoms with E-state index in [0.29, 0.717) is 42.6 Å². The van der Waals surface area contributed by atoms with E-state index in [1.807, 2.05) is 26.0 Å². The van der Waals surface area contributed by atoms with Gasteiger partial charge in [0.25, 0.3) is 5.91 Å². The molecule has 1 aromatic carbocycles. The zero-order valence-electron chi connectivity index (χ0n) is 14.7. The second kappa shape index (κ2) is 7.42. The molecule has 0 fully saturated rings. The second-order valence-corrected chi connectivity index (χ2v) is 6.09. The van der Waals surface area contributed by atoms with Gasteiger partial charge < -0.3 is 19.1 Å². The molecule has 3 rings (SSSR count). The van der Waals surface area contributed by atoms with Crippen LogP contribution in [0.2, 0.25) is 0 Å². The topological polar surface area (TPSA) is 60.9 Å². The van der Waals surface area contributed by atoms with Crippen molar-refractivity contribution in [1.82, 2.24) is 9.88 Å². The standard InChI is InChI=1S/C19H22N2O4/c1-13(2)21(12-14-5-4-6-20-11-14)19(22)15-9-16(23-3)18-17(10-15)24-7-8-25-18/h4-6,9-11,13H,7-8,12H2,1-3H3. The van der Waals surface area contributed by atoms with Crippen molar-refractivity contribution in [2.45, 2.75) is 26.4 Å². The van der Waals surface area contributed by atoms with Gasteiger partial charge in [0.15, 0.2) is 11.5 Å². The number of pyridine rings is 1. The van der Waals surface area contributed by atoms with Gasteiger partial charge in [0.05, 0.1) is 7.11 Å². The number of hydrogen-bond donors (Lipinski definition) is 0. The van der Waals surface area contributed by atoms with Crippen LogP contribution in [-0.2, 0) is 6.54 Å². The zero-order chi connectivity index (χ0) is 17.8. The molecule has 2 aromatic rings. The molecule has 0 saturated heterocycles. The van der Waals surface area contributed by atoms with Gasteiger partial charge in [-0.05, 0) is 37.6 Å². The Morgan fingerprint density at radius 2 is 2.12 bits per heavy atom. The summed E-state index contributed by atoms with van der Waals surface area (Å²) in [7, 11) is 1.55. The van der Waals surface area contributed by atoms with Crippen molar-refractivity contribution in [3.05, 3.63) is 47.8 Å². The summed E-state index contributed by atoms with van der Waals surface area (Å²) < 4.78 is 16.6. The Hall–Kier alpha value is -2.76. The predicted octanol–water partition coefficient (Wildman–Crippen LogP) is 2.91. The number of hydrogen-bond acceptors (Lipinski definition) is 5. The summed E-state index contributed by atoms with van der Waals surface area (Å²) in [6.45, 7) is 5.39. The quantitative estimate of drug-likeness (QED) is 0.836. The maximum Gasteiger partial charge on any atom is 0.254 e. The number of rotatable bonds is 5. The molecule has 0 aliphatic carbocycles. The fraction of sp³-hybridized carbons (Fsp3) is 0.368. The molecule has 6 heteroatoms. The SMILES string of the molecule is COc1cc(C(=O)N(Cc2cccnc2)C(C)C)cc2c1OCCO2. The minimum Gasteiger partial charge on any atom is -0.493 e. The molecule has 0 saturated carbocycles.